The number of benzene rings is 2. The van der Waals surface area contributed by atoms with Crippen molar-refractivity contribution in [1.82, 2.24) is 5.01 Å². The number of hydrazone groups is 1. The number of carbonyl (C=O) groups is 1. The summed E-state index contributed by atoms with van der Waals surface area (Å²) in [5.41, 5.74) is 3.62. The second kappa shape index (κ2) is 6.56. The first-order valence-corrected chi connectivity index (χ1v) is 8.96. The van der Waals surface area contributed by atoms with Gasteiger partial charge >= 0.3 is 0 Å². The summed E-state index contributed by atoms with van der Waals surface area (Å²) in [6.07, 6.45) is 2.02. The van der Waals surface area contributed by atoms with Crippen LogP contribution in [0.2, 0.25) is 0 Å². The summed E-state index contributed by atoms with van der Waals surface area (Å²) in [5.74, 6) is 0.440. The van der Waals surface area contributed by atoms with Crippen LogP contribution < -0.4 is 4.74 Å². The van der Waals surface area contributed by atoms with Gasteiger partial charge < -0.3 is 4.74 Å². The van der Waals surface area contributed by atoms with Gasteiger partial charge in [0.2, 0.25) is 5.91 Å². The Morgan fingerprint density at radius 1 is 1.31 bits per heavy atom. The first-order chi connectivity index (χ1) is 12.6. The normalized spacial score (nSPS) is 21.0. The number of fused-ring (bicyclic) bond motifs is 3. The molecule has 0 bridgehead atoms. The SMILES string of the molecule is CCC(=O)N1N=C2c3ccc(OC)cc3CCC2C1c1ccccc1F. The van der Waals surface area contributed by atoms with Crippen molar-refractivity contribution in [2.75, 3.05) is 7.11 Å². The predicted octanol–water partition coefficient (Wildman–Crippen LogP) is 4.09. The van der Waals surface area contributed by atoms with E-state index in [0.29, 0.717) is 12.0 Å². The van der Waals surface area contributed by atoms with Crippen molar-refractivity contribution in [1.29, 1.82) is 0 Å². The minimum Gasteiger partial charge on any atom is -0.497 e. The van der Waals surface area contributed by atoms with E-state index < -0.39 is 0 Å². The molecule has 5 heteroatoms. The molecule has 0 fully saturated rings. The molecule has 2 aromatic carbocycles. The summed E-state index contributed by atoms with van der Waals surface area (Å²) in [4.78, 5) is 12.5. The summed E-state index contributed by atoms with van der Waals surface area (Å²) in [6, 6.07) is 12.2. The Hall–Kier alpha value is -2.69. The third-order valence-electron chi connectivity index (χ3n) is 5.31. The minimum absolute atomic E-state index is 0.00305. The van der Waals surface area contributed by atoms with Crippen LogP contribution >= 0.6 is 0 Å². The van der Waals surface area contributed by atoms with Gasteiger partial charge in [-0.05, 0) is 42.7 Å². The number of halogens is 1. The molecule has 1 heterocycles. The van der Waals surface area contributed by atoms with Crippen molar-refractivity contribution < 1.29 is 13.9 Å². The van der Waals surface area contributed by atoms with Crippen LogP contribution in [0.1, 0.15) is 42.5 Å². The van der Waals surface area contributed by atoms with E-state index >= 15 is 0 Å². The van der Waals surface area contributed by atoms with Crippen molar-refractivity contribution in [2.45, 2.75) is 32.2 Å². The molecule has 2 unspecified atom stereocenters. The number of carbonyl (C=O) groups excluding carboxylic acids is 1. The highest BCUT2D eigenvalue weighted by Gasteiger charge is 2.44. The molecule has 2 aromatic rings. The fourth-order valence-electron chi connectivity index (χ4n) is 4.02. The quantitative estimate of drug-likeness (QED) is 0.835. The Labute approximate surface area is 152 Å². The van der Waals surface area contributed by atoms with Crippen LogP contribution in [-0.2, 0) is 11.2 Å². The maximum Gasteiger partial charge on any atom is 0.242 e. The first-order valence-electron chi connectivity index (χ1n) is 8.96. The molecule has 0 saturated carbocycles. The zero-order valence-corrected chi connectivity index (χ0v) is 14.9. The van der Waals surface area contributed by atoms with Crippen LogP contribution in [-0.4, -0.2) is 23.7 Å². The molecule has 0 spiro atoms. The summed E-state index contributed by atoms with van der Waals surface area (Å²) in [6.45, 7) is 1.81. The fourth-order valence-corrected chi connectivity index (χ4v) is 4.02. The average molecular weight is 352 g/mol. The van der Waals surface area contributed by atoms with Crippen LogP contribution in [0.5, 0.6) is 5.75 Å². The standard InChI is InChI=1S/C21H21FN2O2/c1-3-19(25)24-21(16-6-4-5-7-18(16)22)17-10-8-13-12-14(26-2)9-11-15(13)20(17)23-24/h4-7,9,11-12,17,21H,3,8,10H2,1-2H3. The molecular weight excluding hydrogens is 331 g/mol. The molecule has 0 N–H and O–H groups in total. The highest BCUT2D eigenvalue weighted by atomic mass is 19.1. The van der Waals surface area contributed by atoms with Crippen LogP contribution in [0, 0.1) is 11.7 Å². The number of hydrogen-bond donors (Lipinski definition) is 0. The second-order valence-electron chi connectivity index (χ2n) is 6.71. The zero-order chi connectivity index (χ0) is 18.3. The van der Waals surface area contributed by atoms with Gasteiger partial charge in [-0.3, -0.25) is 4.79 Å². The van der Waals surface area contributed by atoms with E-state index in [9.17, 15) is 9.18 Å². The number of aryl methyl sites for hydroxylation is 1. The van der Waals surface area contributed by atoms with Gasteiger partial charge in [-0.1, -0.05) is 25.1 Å². The molecular formula is C21H21FN2O2. The number of amides is 1. The van der Waals surface area contributed by atoms with Crippen LogP contribution in [0.4, 0.5) is 4.39 Å². The van der Waals surface area contributed by atoms with E-state index in [0.717, 1.165) is 35.4 Å². The van der Waals surface area contributed by atoms with Crippen molar-refractivity contribution in [3.05, 3.63) is 65.0 Å². The van der Waals surface area contributed by atoms with E-state index in [1.54, 1.807) is 19.2 Å². The van der Waals surface area contributed by atoms with Gasteiger partial charge in [0, 0.05) is 23.5 Å². The lowest BCUT2D eigenvalue weighted by molar-refractivity contribution is -0.133. The Kier molecular flexibility index (Phi) is 4.23. The molecule has 0 radical (unpaired) electrons. The van der Waals surface area contributed by atoms with E-state index in [1.165, 1.54) is 11.1 Å². The lowest BCUT2D eigenvalue weighted by Crippen LogP contribution is -2.32. The Balaban J connectivity index is 1.81. The van der Waals surface area contributed by atoms with E-state index in [2.05, 4.69) is 5.10 Å². The van der Waals surface area contributed by atoms with Gasteiger partial charge in [0.15, 0.2) is 0 Å². The maximum absolute atomic E-state index is 14.5. The molecule has 0 saturated heterocycles. The molecule has 1 aliphatic heterocycles. The molecule has 2 atom stereocenters. The fraction of sp³-hybridized carbons (Fsp3) is 0.333. The number of nitrogens with zero attached hydrogens (tertiary/aromatic N) is 2. The lowest BCUT2D eigenvalue weighted by atomic mass is 9.77. The van der Waals surface area contributed by atoms with Gasteiger partial charge in [-0.2, -0.15) is 5.10 Å². The highest BCUT2D eigenvalue weighted by molar-refractivity contribution is 6.07. The summed E-state index contributed by atoms with van der Waals surface area (Å²) < 4.78 is 19.9. The van der Waals surface area contributed by atoms with Gasteiger partial charge in [-0.25, -0.2) is 9.40 Å². The van der Waals surface area contributed by atoms with Gasteiger partial charge in [0.05, 0.1) is 18.9 Å². The van der Waals surface area contributed by atoms with Crippen LogP contribution in [0.25, 0.3) is 0 Å². The van der Waals surface area contributed by atoms with E-state index in [-0.39, 0.29) is 23.7 Å². The van der Waals surface area contributed by atoms with E-state index in [1.807, 2.05) is 31.2 Å². The second-order valence-corrected chi connectivity index (χ2v) is 6.71. The smallest absolute Gasteiger partial charge is 0.242 e. The van der Waals surface area contributed by atoms with Crippen molar-refractivity contribution in [2.24, 2.45) is 11.0 Å². The predicted molar refractivity (Wildman–Crippen MR) is 97.6 cm³/mol. The van der Waals surface area contributed by atoms with Gasteiger partial charge in [-0.15, -0.1) is 0 Å². The minimum atomic E-state index is -0.381. The number of rotatable bonds is 3. The van der Waals surface area contributed by atoms with Gasteiger partial charge in [0.1, 0.15) is 11.6 Å². The lowest BCUT2D eigenvalue weighted by Gasteiger charge is -2.29. The number of methoxy groups -OCH3 is 1. The summed E-state index contributed by atoms with van der Waals surface area (Å²) in [7, 11) is 1.65. The molecule has 0 aromatic heterocycles. The highest BCUT2D eigenvalue weighted by Crippen LogP contribution is 2.44. The molecule has 4 rings (SSSR count). The third kappa shape index (κ3) is 2.59. The van der Waals surface area contributed by atoms with Crippen molar-refractivity contribution in [3.8, 4) is 5.75 Å². The molecule has 26 heavy (non-hydrogen) atoms. The zero-order valence-electron chi connectivity index (χ0n) is 14.9. The number of hydrogen-bond acceptors (Lipinski definition) is 3. The molecule has 2 aliphatic rings. The molecule has 1 aliphatic carbocycles. The largest absolute Gasteiger partial charge is 0.497 e. The van der Waals surface area contributed by atoms with Crippen molar-refractivity contribution in [3.63, 3.8) is 0 Å². The first kappa shape index (κ1) is 16.8. The molecule has 134 valence electrons. The summed E-state index contributed by atoms with van der Waals surface area (Å²) in [5, 5.41) is 6.17. The Bertz CT molecular complexity index is 893. The Morgan fingerprint density at radius 2 is 2.12 bits per heavy atom. The average Bonchev–Trinajstić information content (AvgIpc) is 3.07. The van der Waals surface area contributed by atoms with Crippen molar-refractivity contribution >= 4 is 11.6 Å². The summed E-state index contributed by atoms with van der Waals surface area (Å²) >= 11 is 0. The molecule has 1 amide bonds. The van der Waals surface area contributed by atoms with Gasteiger partial charge in [0.25, 0.3) is 0 Å². The van der Waals surface area contributed by atoms with E-state index in [4.69, 9.17) is 4.74 Å². The van der Waals surface area contributed by atoms with Crippen LogP contribution in [0.15, 0.2) is 47.6 Å². The Morgan fingerprint density at radius 3 is 2.85 bits per heavy atom. The number of ether oxygens (including phenoxy) is 1. The third-order valence-corrected chi connectivity index (χ3v) is 5.31. The topological polar surface area (TPSA) is 41.9 Å². The molecule has 4 nitrogen and oxygen atoms in total. The monoisotopic (exact) mass is 352 g/mol. The maximum atomic E-state index is 14.5. The van der Waals surface area contributed by atoms with Crippen LogP contribution in [0.3, 0.4) is 0 Å².